The van der Waals surface area contributed by atoms with Crippen molar-refractivity contribution in [1.82, 2.24) is 0 Å². The van der Waals surface area contributed by atoms with E-state index in [4.69, 9.17) is 24.3 Å². The molecule has 0 aromatic heterocycles. The quantitative estimate of drug-likeness (QED) is 0.0275. The first kappa shape index (κ1) is 50.0. The Kier molecular flexibility index (Phi) is 39.4. The molecule has 0 bridgehead atoms. The van der Waals surface area contributed by atoms with Gasteiger partial charge >= 0.3 is 13.8 Å². The highest BCUT2D eigenvalue weighted by Gasteiger charge is 2.25. The van der Waals surface area contributed by atoms with Gasteiger partial charge in [0.05, 0.1) is 19.8 Å². The van der Waals surface area contributed by atoms with Gasteiger partial charge in [-0.15, -0.1) is 0 Å². The van der Waals surface area contributed by atoms with E-state index in [1.807, 2.05) is 0 Å². The normalized spacial score (nSPS) is 13.7. The average Bonchev–Trinajstić information content (AvgIpc) is 3.12. The second-order valence-corrected chi connectivity index (χ2v) is 15.7. The minimum atomic E-state index is -4.27. The van der Waals surface area contributed by atoms with Crippen molar-refractivity contribution in [3.63, 3.8) is 0 Å². The zero-order valence-corrected chi connectivity index (χ0v) is 34.2. The van der Waals surface area contributed by atoms with Gasteiger partial charge in [0.15, 0.2) is 0 Å². The predicted octanol–water partition coefficient (Wildman–Crippen LogP) is 12.5. The first-order valence-corrected chi connectivity index (χ1v) is 22.8. The highest BCUT2D eigenvalue weighted by molar-refractivity contribution is 7.47. The van der Waals surface area contributed by atoms with Crippen molar-refractivity contribution in [1.29, 1.82) is 0 Å². The van der Waals surface area contributed by atoms with Gasteiger partial charge in [0, 0.05) is 19.6 Å². The fourth-order valence-electron chi connectivity index (χ4n) is 5.97. The molecule has 8 nitrogen and oxygen atoms in total. The number of unbranched alkanes of at least 4 members (excludes halogenated alkanes) is 24. The van der Waals surface area contributed by atoms with E-state index in [2.05, 4.69) is 38.2 Å². The first-order chi connectivity index (χ1) is 24.9. The van der Waals surface area contributed by atoms with E-state index in [9.17, 15) is 14.3 Å². The standard InChI is InChI=1S/C42H82NO7P/c1-3-5-7-9-11-13-15-16-17-18-19-20-21-22-23-24-25-27-29-31-33-35-42(44)50-41(40-49-51(45,46)48-38-36-43)39-47-37-34-32-30-28-26-14-12-10-8-6-4-2/h15-16,18-19,41H,3-14,17,20-40,43H2,1-2H3,(H,45,46)/b16-15-,19-18-. The third-order valence-electron chi connectivity index (χ3n) is 9.12. The van der Waals surface area contributed by atoms with Crippen LogP contribution in [0.25, 0.3) is 0 Å². The van der Waals surface area contributed by atoms with Gasteiger partial charge in [-0.3, -0.25) is 13.8 Å². The highest BCUT2D eigenvalue weighted by Crippen LogP contribution is 2.43. The van der Waals surface area contributed by atoms with Crippen LogP contribution in [0.5, 0.6) is 0 Å². The number of allylic oxidation sites excluding steroid dienone is 4. The number of carbonyl (C=O) groups excluding carboxylic acids is 1. The van der Waals surface area contributed by atoms with Gasteiger partial charge in [-0.05, 0) is 44.9 Å². The van der Waals surface area contributed by atoms with E-state index < -0.39 is 13.9 Å². The van der Waals surface area contributed by atoms with Crippen molar-refractivity contribution >= 4 is 13.8 Å². The predicted molar refractivity (Wildman–Crippen MR) is 215 cm³/mol. The summed E-state index contributed by atoms with van der Waals surface area (Å²) in [6, 6.07) is 0. The maximum absolute atomic E-state index is 12.6. The molecular weight excluding hydrogens is 661 g/mol. The van der Waals surface area contributed by atoms with E-state index in [-0.39, 0.29) is 32.3 Å². The lowest BCUT2D eigenvalue weighted by atomic mass is 10.1. The summed E-state index contributed by atoms with van der Waals surface area (Å²) in [5, 5.41) is 0. The summed E-state index contributed by atoms with van der Waals surface area (Å²) in [5.74, 6) is -0.333. The van der Waals surface area contributed by atoms with Crippen molar-refractivity contribution < 1.29 is 32.8 Å². The number of phosphoric ester groups is 1. The Morgan fingerprint density at radius 2 is 1.04 bits per heavy atom. The fourth-order valence-corrected chi connectivity index (χ4v) is 6.73. The molecule has 0 aliphatic heterocycles. The van der Waals surface area contributed by atoms with E-state index >= 15 is 0 Å². The number of hydrogen-bond donors (Lipinski definition) is 2. The Labute approximate surface area is 315 Å². The number of ether oxygens (including phenoxy) is 2. The molecule has 0 rings (SSSR count). The molecule has 0 aromatic carbocycles. The van der Waals surface area contributed by atoms with Crippen LogP contribution < -0.4 is 5.73 Å². The Hall–Kier alpha value is -1.02. The summed E-state index contributed by atoms with van der Waals surface area (Å²) in [6.07, 6.45) is 43.3. The molecule has 2 atom stereocenters. The third-order valence-corrected chi connectivity index (χ3v) is 10.1. The van der Waals surface area contributed by atoms with Gasteiger partial charge in [-0.1, -0.05) is 173 Å². The Balaban J connectivity index is 3.98. The monoisotopic (exact) mass is 744 g/mol. The summed E-state index contributed by atoms with van der Waals surface area (Å²) in [7, 11) is -4.27. The molecular formula is C42H82NO7P. The zero-order chi connectivity index (χ0) is 37.4. The SMILES string of the molecule is CCCCCCC/C=C\C/C=C\CCCCCCCCCCCC(=O)OC(COCCCCCCCCCCCCC)COP(=O)(O)OCCN. The Bertz CT molecular complexity index is 838. The molecule has 0 fully saturated rings. The van der Waals surface area contributed by atoms with Crippen molar-refractivity contribution in [2.24, 2.45) is 5.73 Å². The molecule has 0 heterocycles. The Morgan fingerprint density at radius 3 is 1.53 bits per heavy atom. The summed E-state index contributed by atoms with van der Waals surface area (Å²) in [5.41, 5.74) is 5.36. The number of hydrogen-bond acceptors (Lipinski definition) is 7. The average molecular weight is 744 g/mol. The number of phosphoric acid groups is 1. The lowest BCUT2D eigenvalue weighted by Crippen LogP contribution is -2.28. The van der Waals surface area contributed by atoms with Gasteiger partial charge in [-0.2, -0.15) is 0 Å². The summed E-state index contributed by atoms with van der Waals surface area (Å²) in [6.45, 7) is 4.92. The summed E-state index contributed by atoms with van der Waals surface area (Å²) < 4.78 is 33.4. The second-order valence-electron chi connectivity index (χ2n) is 14.2. The molecule has 0 saturated carbocycles. The molecule has 0 amide bonds. The molecule has 0 saturated heterocycles. The maximum Gasteiger partial charge on any atom is 0.472 e. The lowest BCUT2D eigenvalue weighted by molar-refractivity contribution is -0.154. The van der Waals surface area contributed by atoms with Gasteiger partial charge in [0.25, 0.3) is 0 Å². The summed E-state index contributed by atoms with van der Waals surface area (Å²) in [4.78, 5) is 22.4. The third kappa shape index (κ3) is 40.0. The van der Waals surface area contributed by atoms with E-state index in [0.29, 0.717) is 13.0 Å². The van der Waals surface area contributed by atoms with Gasteiger partial charge in [0.1, 0.15) is 6.10 Å². The molecule has 0 aliphatic rings. The molecule has 9 heteroatoms. The number of rotatable bonds is 41. The second kappa shape index (κ2) is 40.2. The van der Waals surface area contributed by atoms with Crippen LogP contribution in [-0.2, 0) is 27.9 Å². The molecule has 3 N–H and O–H groups in total. The molecule has 2 unspecified atom stereocenters. The van der Waals surface area contributed by atoms with Gasteiger partial charge in [-0.25, -0.2) is 4.57 Å². The number of carbonyl (C=O) groups is 1. The first-order valence-electron chi connectivity index (χ1n) is 21.3. The smallest absolute Gasteiger partial charge is 0.457 e. The maximum atomic E-state index is 12.6. The Morgan fingerprint density at radius 1 is 0.588 bits per heavy atom. The zero-order valence-electron chi connectivity index (χ0n) is 33.3. The fraction of sp³-hybridized carbons (Fsp3) is 0.881. The van der Waals surface area contributed by atoms with Crippen molar-refractivity contribution in [2.75, 3.05) is 33.0 Å². The largest absolute Gasteiger partial charge is 0.472 e. The van der Waals surface area contributed by atoms with Crippen LogP contribution in [0.4, 0.5) is 0 Å². The van der Waals surface area contributed by atoms with Crippen LogP contribution in [0.15, 0.2) is 24.3 Å². The topological polar surface area (TPSA) is 117 Å². The summed E-state index contributed by atoms with van der Waals surface area (Å²) >= 11 is 0. The van der Waals surface area contributed by atoms with Crippen molar-refractivity contribution in [3.05, 3.63) is 24.3 Å². The minimum Gasteiger partial charge on any atom is -0.457 e. The van der Waals surface area contributed by atoms with Crippen molar-refractivity contribution in [3.8, 4) is 0 Å². The van der Waals surface area contributed by atoms with Crippen LogP contribution >= 0.6 is 7.82 Å². The van der Waals surface area contributed by atoms with Crippen molar-refractivity contribution in [2.45, 2.75) is 206 Å². The van der Waals surface area contributed by atoms with Gasteiger partial charge < -0.3 is 20.1 Å². The van der Waals surface area contributed by atoms with E-state index in [1.54, 1.807) is 0 Å². The van der Waals surface area contributed by atoms with Gasteiger partial charge in [0.2, 0.25) is 0 Å². The van der Waals surface area contributed by atoms with Crippen LogP contribution in [-0.4, -0.2) is 49.9 Å². The van der Waals surface area contributed by atoms with Crippen LogP contribution in [0.2, 0.25) is 0 Å². The molecule has 0 aliphatic carbocycles. The number of esters is 1. The van der Waals surface area contributed by atoms with E-state index in [1.165, 1.54) is 141 Å². The van der Waals surface area contributed by atoms with Crippen LogP contribution in [0.1, 0.15) is 200 Å². The van der Waals surface area contributed by atoms with Crippen LogP contribution in [0.3, 0.4) is 0 Å². The lowest BCUT2D eigenvalue weighted by Gasteiger charge is -2.20. The molecule has 0 spiro atoms. The van der Waals surface area contributed by atoms with E-state index in [0.717, 1.165) is 38.5 Å². The molecule has 302 valence electrons. The molecule has 0 aromatic rings. The minimum absolute atomic E-state index is 0.0944. The molecule has 51 heavy (non-hydrogen) atoms. The van der Waals surface area contributed by atoms with Crippen LogP contribution in [0, 0.1) is 0 Å². The molecule has 0 radical (unpaired) electrons. The number of nitrogens with two attached hydrogens (primary N) is 1. The highest BCUT2D eigenvalue weighted by atomic mass is 31.2.